The van der Waals surface area contributed by atoms with E-state index in [4.69, 9.17) is 5.73 Å². The SMILES string of the molecule is CCc1cc(SC)nc(N)c1[N+](=O)[O-]. The standard InChI is InChI=1S/C8H11N3O2S/c1-3-5-4-6(14-2)10-8(9)7(5)11(12)13/h4H,3H2,1-2H3,(H2,9,10). The van der Waals surface area contributed by atoms with Crippen LogP contribution in [0.1, 0.15) is 12.5 Å². The van der Waals surface area contributed by atoms with E-state index in [2.05, 4.69) is 4.98 Å². The molecular weight excluding hydrogens is 202 g/mol. The zero-order valence-electron chi connectivity index (χ0n) is 7.98. The van der Waals surface area contributed by atoms with Crippen LogP contribution in [-0.2, 0) is 6.42 Å². The number of hydrogen-bond donors (Lipinski definition) is 1. The maximum atomic E-state index is 10.7. The van der Waals surface area contributed by atoms with Crippen molar-refractivity contribution in [3.63, 3.8) is 0 Å². The minimum Gasteiger partial charge on any atom is -0.378 e. The first-order chi connectivity index (χ1) is 6.60. The van der Waals surface area contributed by atoms with Crippen LogP contribution in [-0.4, -0.2) is 16.2 Å². The second kappa shape index (κ2) is 4.28. The van der Waals surface area contributed by atoms with E-state index < -0.39 is 4.92 Å². The fraction of sp³-hybridized carbons (Fsp3) is 0.375. The summed E-state index contributed by atoms with van der Waals surface area (Å²) in [7, 11) is 0. The van der Waals surface area contributed by atoms with Gasteiger partial charge >= 0.3 is 5.69 Å². The van der Waals surface area contributed by atoms with Gasteiger partial charge in [0, 0.05) is 5.56 Å². The van der Waals surface area contributed by atoms with Gasteiger partial charge in [-0.25, -0.2) is 4.98 Å². The zero-order chi connectivity index (χ0) is 10.7. The smallest absolute Gasteiger partial charge is 0.314 e. The minimum absolute atomic E-state index is 0.00120. The molecule has 1 aromatic heterocycles. The van der Waals surface area contributed by atoms with Gasteiger partial charge in [0.15, 0.2) is 0 Å². The quantitative estimate of drug-likeness (QED) is 0.470. The molecule has 0 aliphatic rings. The summed E-state index contributed by atoms with van der Waals surface area (Å²) in [6.45, 7) is 1.85. The van der Waals surface area contributed by atoms with Crippen molar-refractivity contribution < 1.29 is 4.92 Å². The van der Waals surface area contributed by atoms with Gasteiger partial charge in [0.05, 0.1) is 9.95 Å². The lowest BCUT2D eigenvalue weighted by Gasteiger charge is -2.04. The van der Waals surface area contributed by atoms with Crippen LogP contribution in [0.2, 0.25) is 0 Å². The van der Waals surface area contributed by atoms with Gasteiger partial charge in [-0.15, -0.1) is 11.8 Å². The van der Waals surface area contributed by atoms with E-state index in [1.807, 2.05) is 13.2 Å². The first kappa shape index (κ1) is 10.8. The van der Waals surface area contributed by atoms with Crippen LogP contribution >= 0.6 is 11.8 Å². The lowest BCUT2D eigenvalue weighted by molar-refractivity contribution is -0.384. The summed E-state index contributed by atoms with van der Waals surface area (Å²) >= 11 is 1.42. The molecule has 0 aliphatic heterocycles. The highest BCUT2D eigenvalue weighted by atomic mass is 32.2. The number of thioether (sulfide) groups is 1. The molecule has 14 heavy (non-hydrogen) atoms. The largest absolute Gasteiger partial charge is 0.378 e. The van der Waals surface area contributed by atoms with E-state index in [-0.39, 0.29) is 11.5 Å². The Bertz CT molecular complexity index is 368. The summed E-state index contributed by atoms with van der Waals surface area (Å²) in [5.41, 5.74) is 6.07. The summed E-state index contributed by atoms with van der Waals surface area (Å²) in [4.78, 5) is 14.1. The molecule has 0 aliphatic carbocycles. The Kier molecular flexibility index (Phi) is 3.29. The molecule has 0 saturated carbocycles. The number of nitrogen functional groups attached to an aromatic ring is 1. The van der Waals surface area contributed by atoms with Gasteiger partial charge in [-0.3, -0.25) is 10.1 Å². The minimum atomic E-state index is -0.481. The molecule has 0 radical (unpaired) electrons. The third-order valence-electron chi connectivity index (χ3n) is 1.85. The molecule has 1 heterocycles. The monoisotopic (exact) mass is 213 g/mol. The molecule has 6 heteroatoms. The number of hydrogen-bond acceptors (Lipinski definition) is 5. The number of nitrogens with two attached hydrogens (primary N) is 1. The molecule has 1 aromatic rings. The van der Waals surface area contributed by atoms with Crippen molar-refractivity contribution >= 4 is 23.3 Å². The van der Waals surface area contributed by atoms with Crippen LogP contribution in [0.15, 0.2) is 11.1 Å². The Morgan fingerprint density at radius 2 is 2.36 bits per heavy atom. The second-order valence-corrected chi connectivity index (χ2v) is 3.49. The van der Waals surface area contributed by atoms with Crippen molar-refractivity contribution in [3.05, 3.63) is 21.7 Å². The van der Waals surface area contributed by atoms with Gasteiger partial charge in [-0.2, -0.15) is 0 Å². The molecule has 2 N–H and O–H groups in total. The third kappa shape index (κ3) is 1.95. The van der Waals surface area contributed by atoms with E-state index in [1.165, 1.54) is 11.8 Å². The topological polar surface area (TPSA) is 82.0 Å². The molecule has 0 atom stereocenters. The third-order valence-corrected chi connectivity index (χ3v) is 2.48. The van der Waals surface area contributed by atoms with E-state index in [0.29, 0.717) is 17.0 Å². The molecule has 1 rings (SSSR count). The Balaban J connectivity index is 3.34. The van der Waals surface area contributed by atoms with Gasteiger partial charge in [-0.1, -0.05) is 6.92 Å². The molecule has 0 saturated heterocycles. The van der Waals surface area contributed by atoms with Gasteiger partial charge in [-0.05, 0) is 18.7 Å². The summed E-state index contributed by atoms with van der Waals surface area (Å²) in [6.07, 6.45) is 2.43. The average Bonchev–Trinajstić information content (AvgIpc) is 2.15. The average molecular weight is 213 g/mol. The van der Waals surface area contributed by atoms with Gasteiger partial charge in [0.2, 0.25) is 5.82 Å². The molecule has 0 aromatic carbocycles. The van der Waals surface area contributed by atoms with E-state index in [9.17, 15) is 10.1 Å². The number of pyridine rings is 1. The number of anilines is 1. The first-order valence-corrected chi connectivity index (χ1v) is 5.30. The van der Waals surface area contributed by atoms with E-state index in [0.717, 1.165) is 0 Å². The lowest BCUT2D eigenvalue weighted by atomic mass is 10.2. The van der Waals surface area contributed by atoms with Crippen molar-refractivity contribution in [3.8, 4) is 0 Å². The molecule has 0 fully saturated rings. The van der Waals surface area contributed by atoms with E-state index in [1.54, 1.807) is 6.07 Å². The van der Waals surface area contributed by atoms with Gasteiger partial charge in [0.25, 0.3) is 0 Å². The van der Waals surface area contributed by atoms with Gasteiger partial charge < -0.3 is 5.73 Å². The van der Waals surface area contributed by atoms with Crippen LogP contribution in [0.4, 0.5) is 11.5 Å². The summed E-state index contributed by atoms with van der Waals surface area (Å²) in [6, 6.07) is 1.71. The predicted molar refractivity (Wildman–Crippen MR) is 56.5 cm³/mol. The summed E-state index contributed by atoms with van der Waals surface area (Å²) in [5.74, 6) is -0.00120. The van der Waals surface area contributed by atoms with E-state index >= 15 is 0 Å². The number of rotatable bonds is 3. The van der Waals surface area contributed by atoms with Crippen LogP contribution in [0.3, 0.4) is 0 Å². The highest BCUT2D eigenvalue weighted by molar-refractivity contribution is 7.98. The van der Waals surface area contributed by atoms with Crippen molar-refractivity contribution in [1.82, 2.24) is 4.98 Å². The number of aryl methyl sites for hydroxylation is 1. The second-order valence-electron chi connectivity index (χ2n) is 2.67. The van der Waals surface area contributed by atoms with Crippen molar-refractivity contribution in [2.24, 2.45) is 0 Å². The van der Waals surface area contributed by atoms with Crippen LogP contribution < -0.4 is 5.73 Å². The number of aromatic nitrogens is 1. The van der Waals surface area contributed by atoms with Crippen molar-refractivity contribution in [2.75, 3.05) is 12.0 Å². The zero-order valence-corrected chi connectivity index (χ0v) is 8.80. The van der Waals surface area contributed by atoms with Crippen LogP contribution in [0, 0.1) is 10.1 Å². The first-order valence-electron chi connectivity index (χ1n) is 4.08. The molecule has 0 bridgehead atoms. The lowest BCUT2D eigenvalue weighted by Crippen LogP contribution is -2.03. The number of nitro groups is 1. The number of nitrogens with zero attached hydrogens (tertiary/aromatic N) is 2. The normalized spacial score (nSPS) is 10.1. The van der Waals surface area contributed by atoms with Crippen molar-refractivity contribution in [2.45, 2.75) is 18.4 Å². The molecule has 76 valence electrons. The van der Waals surface area contributed by atoms with Crippen molar-refractivity contribution in [1.29, 1.82) is 0 Å². The highest BCUT2D eigenvalue weighted by Gasteiger charge is 2.19. The molecule has 0 amide bonds. The summed E-state index contributed by atoms with van der Waals surface area (Å²) < 4.78 is 0. The molecule has 0 unspecified atom stereocenters. The Labute approximate surface area is 85.9 Å². The fourth-order valence-corrected chi connectivity index (χ4v) is 1.62. The van der Waals surface area contributed by atoms with Gasteiger partial charge in [0.1, 0.15) is 0 Å². The molecule has 0 spiro atoms. The maximum Gasteiger partial charge on any atom is 0.314 e. The fourth-order valence-electron chi connectivity index (χ4n) is 1.17. The molecule has 5 nitrogen and oxygen atoms in total. The predicted octanol–water partition coefficient (Wildman–Crippen LogP) is 1.86. The molecular formula is C8H11N3O2S. The summed E-state index contributed by atoms with van der Waals surface area (Å²) in [5, 5.41) is 11.4. The maximum absolute atomic E-state index is 10.7. The van der Waals surface area contributed by atoms with Crippen LogP contribution in [0.5, 0.6) is 0 Å². The highest BCUT2D eigenvalue weighted by Crippen LogP contribution is 2.28. The van der Waals surface area contributed by atoms with Crippen LogP contribution in [0.25, 0.3) is 0 Å². The Morgan fingerprint density at radius 1 is 1.71 bits per heavy atom. The Morgan fingerprint density at radius 3 is 2.79 bits per heavy atom. The Hall–Kier alpha value is -1.30.